The van der Waals surface area contributed by atoms with Crippen LogP contribution in [0.4, 0.5) is 61.5 Å². The van der Waals surface area contributed by atoms with Crippen LogP contribution in [0.25, 0.3) is 16.5 Å². The van der Waals surface area contributed by atoms with Crippen LogP contribution in [0.15, 0.2) is 42.5 Å². The highest BCUT2D eigenvalue weighted by molar-refractivity contribution is 6.06. The molecular weight excluding hydrogens is 538 g/mol. The molecule has 0 aliphatic heterocycles. The van der Waals surface area contributed by atoms with Crippen LogP contribution in [0, 0.1) is 0 Å². The van der Waals surface area contributed by atoms with E-state index < -0.39 is 81.0 Å². The van der Waals surface area contributed by atoms with Crippen LogP contribution in [0.5, 0.6) is 0 Å². The standard InChI is InChI=1S/C20H8F14O2/c21-14(16(25,26)18(29,30)20(33,34)19(31,32)17(14,27)28)13(36)7-12(35)10-5-6-11(15(22,23)24)9-4-2-1-3-8(9)10/h1-7,35H/b12-7-. The average Bonchev–Trinajstić information content (AvgIpc) is 2.75. The number of hydrogen-bond acceptors (Lipinski definition) is 2. The van der Waals surface area contributed by atoms with Gasteiger partial charge in [-0.15, -0.1) is 0 Å². The Morgan fingerprint density at radius 1 is 0.667 bits per heavy atom. The number of alkyl halides is 14. The van der Waals surface area contributed by atoms with E-state index in [9.17, 15) is 71.4 Å². The highest BCUT2D eigenvalue weighted by atomic mass is 19.4. The Hall–Kier alpha value is -3.07. The molecule has 0 heterocycles. The van der Waals surface area contributed by atoms with E-state index in [1.807, 2.05) is 0 Å². The van der Waals surface area contributed by atoms with Crippen molar-refractivity contribution in [3.05, 3.63) is 53.6 Å². The number of carbonyl (C=O) groups excluding carboxylic acids is 1. The number of carbonyl (C=O) groups is 1. The van der Waals surface area contributed by atoms with Crippen molar-refractivity contribution in [3.8, 4) is 0 Å². The summed E-state index contributed by atoms with van der Waals surface area (Å²) in [7, 11) is 0. The lowest BCUT2D eigenvalue weighted by atomic mass is 9.70. The zero-order chi connectivity index (χ0) is 27.9. The molecule has 0 bridgehead atoms. The third kappa shape index (κ3) is 3.07. The molecule has 2 aromatic carbocycles. The number of hydrogen-bond donors (Lipinski definition) is 1. The molecule has 0 radical (unpaired) electrons. The molecule has 1 aliphatic carbocycles. The zero-order valence-electron chi connectivity index (χ0n) is 16.7. The van der Waals surface area contributed by atoms with Crippen LogP contribution in [0.2, 0.25) is 0 Å². The monoisotopic (exact) mass is 546 g/mol. The fraction of sp³-hybridized carbons (Fsp3) is 0.350. The van der Waals surface area contributed by atoms with Gasteiger partial charge in [0.05, 0.1) is 5.56 Å². The van der Waals surface area contributed by atoms with Crippen LogP contribution in [-0.2, 0) is 11.0 Å². The molecular formula is C20H8F14O2. The van der Waals surface area contributed by atoms with E-state index in [0.29, 0.717) is 6.07 Å². The number of halogens is 14. The Kier molecular flexibility index (Phi) is 5.71. The molecule has 2 nitrogen and oxygen atoms in total. The maximum Gasteiger partial charge on any atom is 0.417 e. The second-order valence-corrected chi connectivity index (χ2v) is 7.63. The molecule has 1 saturated carbocycles. The van der Waals surface area contributed by atoms with Crippen LogP contribution in [-0.4, -0.2) is 46.2 Å². The van der Waals surface area contributed by atoms with Gasteiger partial charge in [-0.05, 0) is 16.8 Å². The molecule has 1 fully saturated rings. The molecule has 1 N–H and O–H groups in total. The van der Waals surface area contributed by atoms with Gasteiger partial charge >= 0.3 is 41.5 Å². The van der Waals surface area contributed by atoms with Crippen LogP contribution in [0.1, 0.15) is 11.1 Å². The number of aliphatic hydroxyl groups excluding tert-OH is 1. The fourth-order valence-corrected chi connectivity index (χ4v) is 3.60. The van der Waals surface area contributed by atoms with Crippen molar-refractivity contribution in [1.82, 2.24) is 0 Å². The van der Waals surface area contributed by atoms with Crippen molar-refractivity contribution < 1.29 is 71.4 Å². The Morgan fingerprint density at radius 3 is 1.53 bits per heavy atom. The minimum Gasteiger partial charge on any atom is -0.507 e. The molecule has 36 heavy (non-hydrogen) atoms. The third-order valence-corrected chi connectivity index (χ3v) is 5.56. The first-order chi connectivity index (χ1) is 16.0. The molecule has 2 aromatic rings. The first kappa shape index (κ1) is 27.5. The maximum atomic E-state index is 14.8. The topological polar surface area (TPSA) is 37.3 Å². The van der Waals surface area contributed by atoms with Gasteiger partial charge in [0.25, 0.3) is 0 Å². The number of benzene rings is 2. The molecule has 0 amide bonds. The molecule has 3 rings (SSSR count). The highest BCUT2D eigenvalue weighted by Crippen LogP contribution is 2.69. The molecule has 0 saturated heterocycles. The predicted octanol–water partition coefficient (Wildman–Crippen LogP) is 7.23. The number of ketones is 1. The lowest BCUT2D eigenvalue weighted by molar-refractivity contribution is -0.475. The van der Waals surface area contributed by atoms with Crippen LogP contribution < -0.4 is 0 Å². The first-order valence-electron chi connectivity index (χ1n) is 9.14. The van der Waals surface area contributed by atoms with E-state index in [4.69, 9.17) is 0 Å². The van der Waals surface area contributed by atoms with Gasteiger partial charge in [0.1, 0.15) is 5.76 Å². The van der Waals surface area contributed by atoms with Gasteiger partial charge in [-0.2, -0.15) is 57.1 Å². The summed E-state index contributed by atoms with van der Waals surface area (Å²) < 4.78 is 191. The van der Waals surface area contributed by atoms with Gasteiger partial charge in [0.15, 0.2) is 0 Å². The summed E-state index contributed by atoms with van der Waals surface area (Å²) in [5, 5.41) is 8.61. The molecule has 1 aliphatic rings. The minimum atomic E-state index is -7.54. The van der Waals surface area contributed by atoms with E-state index in [0.717, 1.165) is 24.3 Å². The zero-order valence-corrected chi connectivity index (χ0v) is 16.7. The minimum absolute atomic E-state index is 0.240. The summed E-state index contributed by atoms with van der Waals surface area (Å²) in [6.45, 7) is 0. The van der Waals surface area contributed by atoms with Crippen molar-refractivity contribution in [2.75, 3.05) is 0 Å². The normalized spacial score (nSPS) is 23.9. The second-order valence-electron chi connectivity index (χ2n) is 7.63. The second kappa shape index (κ2) is 7.47. The van der Waals surface area contributed by atoms with Gasteiger partial charge in [-0.3, -0.25) is 4.79 Å². The summed E-state index contributed by atoms with van der Waals surface area (Å²) >= 11 is 0. The number of fused-ring (bicyclic) bond motifs is 1. The number of aliphatic hydroxyl groups is 1. The van der Waals surface area contributed by atoms with Gasteiger partial charge < -0.3 is 5.11 Å². The van der Waals surface area contributed by atoms with Crippen molar-refractivity contribution in [3.63, 3.8) is 0 Å². The highest BCUT2D eigenvalue weighted by Gasteiger charge is 3.02. The molecule has 0 spiro atoms. The van der Waals surface area contributed by atoms with Crippen molar-refractivity contribution in [2.24, 2.45) is 0 Å². The molecule has 0 unspecified atom stereocenters. The average molecular weight is 546 g/mol. The summed E-state index contributed by atoms with van der Waals surface area (Å²) in [5.41, 5.74) is -9.37. The van der Waals surface area contributed by atoms with Crippen molar-refractivity contribution >= 4 is 22.3 Å². The predicted molar refractivity (Wildman–Crippen MR) is 93.1 cm³/mol. The number of rotatable bonds is 3. The van der Waals surface area contributed by atoms with E-state index in [2.05, 4.69) is 0 Å². The van der Waals surface area contributed by atoms with E-state index in [1.165, 1.54) is 0 Å². The van der Waals surface area contributed by atoms with E-state index in [1.54, 1.807) is 0 Å². The fourth-order valence-electron chi connectivity index (χ4n) is 3.60. The molecule has 16 heteroatoms. The van der Waals surface area contributed by atoms with Gasteiger partial charge in [0.2, 0.25) is 5.78 Å². The quantitative estimate of drug-likeness (QED) is 0.251. The largest absolute Gasteiger partial charge is 0.507 e. The molecule has 198 valence electrons. The smallest absolute Gasteiger partial charge is 0.417 e. The number of allylic oxidation sites excluding steroid dienone is 1. The Balaban J connectivity index is 2.25. The van der Waals surface area contributed by atoms with Gasteiger partial charge in [-0.1, -0.05) is 30.3 Å². The Labute approximate surface area is 189 Å². The maximum absolute atomic E-state index is 14.8. The summed E-state index contributed by atoms with van der Waals surface area (Å²) in [6.07, 6.45) is -6.03. The Morgan fingerprint density at radius 2 is 1.08 bits per heavy atom. The SMILES string of the molecule is O=C(/C=C(\O)c1ccc(C(F)(F)F)c2ccccc12)C1(F)C(F)(F)C(F)(F)C(F)(F)C(F)(F)C1(F)F. The Bertz CT molecular complexity index is 1230. The van der Waals surface area contributed by atoms with Gasteiger partial charge in [0, 0.05) is 11.6 Å². The molecule has 0 atom stereocenters. The lowest BCUT2D eigenvalue weighted by Crippen LogP contribution is -2.85. The summed E-state index contributed by atoms with van der Waals surface area (Å²) in [6, 6.07) is 4.25. The van der Waals surface area contributed by atoms with Gasteiger partial charge in [-0.25, -0.2) is 4.39 Å². The lowest BCUT2D eigenvalue weighted by Gasteiger charge is -2.51. The summed E-state index contributed by atoms with van der Waals surface area (Å²) in [4.78, 5) is 12.0. The van der Waals surface area contributed by atoms with E-state index in [-0.39, 0.29) is 6.07 Å². The summed E-state index contributed by atoms with van der Waals surface area (Å²) in [5.74, 6) is -43.2. The van der Waals surface area contributed by atoms with Crippen LogP contribution in [0.3, 0.4) is 0 Å². The third-order valence-electron chi connectivity index (χ3n) is 5.56. The van der Waals surface area contributed by atoms with Crippen molar-refractivity contribution in [1.29, 1.82) is 0 Å². The van der Waals surface area contributed by atoms with Crippen LogP contribution >= 0.6 is 0 Å². The van der Waals surface area contributed by atoms with Crippen molar-refractivity contribution in [2.45, 2.75) is 41.5 Å². The molecule has 0 aromatic heterocycles. The van der Waals surface area contributed by atoms with E-state index >= 15 is 0 Å². The first-order valence-corrected chi connectivity index (χ1v) is 9.14.